The van der Waals surface area contributed by atoms with Gasteiger partial charge in [-0.05, 0) is 44.4 Å². The van der Waals surface area contributed by atoms with Gasteiger partial charge in [0, 0.05) is 31.6 Å². The third-order valence-corrected chi connectivity index (χ3v) is 5.52. The number of carbonyl (C=O) groups excluding carboxylic acids is 1. The minimum absolute atomic E-state index is 0.217. The van der Waals surface area contributed by atoms with Gasteiger partial charge in [-0.1, -0.05) is 11.2 Å². The molecule has 7 nitrogen and oxygen atoms in total. The molecule has 1 aromatic heterocycles. The zero-order valence-corrected chi connectivity index (χ0v) is 16.7. The number of hydrogen-bond donors (Lipinski definition) is 1. The highest BCUT2D eigenvalue weighted by Crippen LogP contribution is 2.31. The van der Waals surface area contributed by atoms with Crippen LogP contribution in [-0.2, 0) is 17.9 Å². The highest BCUT2D eigenvalue weighted by Gasteiger charge is 2.38. The second-order valence-corrected chi connectivity index (χ2v) is 7.64. The summed E-state index contributed by atoms with van der Waals surface area (Å²) in [5, 5.41) is 7.45. The van der Waals surface area contributed by atoms with Gasteiger partial charge < -0.3 is 24.2 Å². The van der Waals surface area contributed by atoms with Crippen molar-refractivity contribution < 1.29 is 18.8 Å². The normalized spacial score (nSPS) is 19.3. The highest BCUT2D eigenvalue weighted by molar-refractivity contribution is 5.80. The van der Waals surface area contributed by atoms with Gasteiger partial charge in [0.05, 0.1) is 18.4 Å². The van der Waals surface area contributed by atoms with Gasteiger partial charge in [-0.25, -0.2) is 0 Å². The number of likely N-dealkylation sites (tertiary alicyclic amines) is 1. The fourth-order valence-electron chi connectivity index (χ4n) is 3.67. The minimum atomic E-state index is 0.217. The molecule has 1 atom stereocenters. The van der Waals surface area contributed by atoms with Crippen LogP contribution in [-0.4, -0.2) is 41.7 Å². The first-order chi connectivity index (χ1) is 13.5. The number of carbonyl (C=O) groups is 1. The number of nitrogens with one attached hydrogen (secondary N) is 1. The molecule has 2 fully saturated rings. The van der Waals surface area contributed by atoms with Crippen LogP contribution in [0.3, 0.4) is 0 Å². The maximum atomic E-state index is 12.1. The summed E-state index contributed by atoms with van der Waals surface area (Å²) in [6.07, 6.45) is 2.91. The Morgan fingerprint density at radius 1 is 1.29 bits per heavy atom. The Hall–Kier alpha value is -2.54. The fraction of sp³-hybridized carbons (Fsp3) is 0.524. The lowest BCUT2D eigenvalue weighted by Crippen LogP contribution is -2.33. The van der Waals surface area contributed by atoms with E-state index >= 15 is 0 Å². The van der Waals surface area contributed by atoms with E-state index < -0.39 is 0 Å². The van der Waals surface area contributed by atoms with Gasteiger partial charge in [0.2, 0.25) is 5.91 Å². The molecular formula is C21H27N3O4. The monoisotopic (exact) mass is 385 g/mol. The van der Waals surface area contributed by atoms with Crippen LogP contribution in [0.1, 0.15) is 41.8 Å². The van der Waals surface area contributed by atoms with Crippen molar-refractivity contribution in [3.8, 4) is 11.5 Å². The van der Waals surface area contributed by atoms with E-state index in [4.69, 9.17) is 14.0 Å². The predicted molar refractivity (Wildman–Crippen MR) is 103 cm³/mol. The number of rotatable bonds is 8. The zero-order valence-electron chi connectivity index (χ0n) is 16.7. The van der Waals surface area contributed by atoms with Crippen LogP contribution in [0.25, 0.3) is 0 Å². The molecule has 150 valence electrons. The first-order valence-corrected chi connectivity index (χ1v) is 9.79. The Balaban J connectivity index is 1.35. The van der Waals surface area contributed by atoms with Gasteiger partial charge in [-0.3, -0.25) is 4.79 Å². The van der Waals surface area contributed by atoms with Crippen molar-refractivity contribution in [2.24, 2.45) is 0 Å². The number of nitrogens with zero attached hydrogens (tertiary/aromatic N) is 2. The molecule has 1 aromatic carbocycles. The summed E-state index contributed by atoms with van der Waals surface area (Å²) in [7, 11) is 1.64. The molecule has 1 aliphatic carbocycles. The van der Waals surface area contributed by atoms with Crippen LogP contribution >= 0.6 is 0 Å². The lowest BCUT2D eigenvalue weighted by Gasteiger charge is -2.17. The molecule has 1 saturated heterocycles. The maximum absolute atomic E-state index is 12.1. The molecular weight excluding hydrogens is 358 g/mol. The molecule has 2 aliphatic rings. The second kappa shape index (κ2) is 7.83. The third-order valence-electron chi connectivity index (χ3n) is 5.52. The zero-order chi connectivity index (χ0) is 19.7. The first kappa shape index (κ1) is 18.8. The van der Waals surface area contributed by atoms with Gasteiger partial charge in [-0.2, -0.15) is 0 Å². The summed E-state index contributed by atoms with van der Waals surface area (Å²) in [6, 6.07) is 6.63. The van der Waals surface area contributed by atoms with Gasteiger partial charge in [0.1, 0.15) is 12.4 Å². The number of aromatic nitrogens is 1. The molecule has 0 radical (unpaired) electrons. The van der Waals surface area contributed by atoms with E-state index in [1.165, 1.54) is 0 Å². The van der Waals surface area contributed by atoms with E-state index in [0.717, 1.165) is 42.0 Å². The van der Waals surface area contributed by atoms with Crippen LogP contribution in [0.15, 0.2) is 22.7 Å². The van der Waals surface area contributed by atoms with Crippen molar-refractivity contribution in [3.05, 3.63) is 40.8 Å². The van der Waals surface area contributed by atoms with Crippen LogP contribution in [0.5, 0.6) is 11.5 Å². The summed E-state index contributed by atoms with van der Waals surface area (Å²) in [4.78, 5) is 14.1. The fourth-order valence-corrected chi connectivity index (χ4v) is 3.67. The first-order valence-electron chi connectivity index (χ1n) is 9.79. The molecule has 2 aromatic rings. The molecule has 2 heterocycles. The number of ether oxygens (including phenoxy) is 2. The van der Waals surface area contributed by atoms with Gasteiger partial charge in [0.15, 0.2) is 11.5 Å². The van der Waals surface area contributed by atoms with Crippen molar-refractivity contribution in [3.63, 3.8) is 0 Å². The average Bonchev–Trinajstić information content (AvgIpc) is 3.40. The van der Waals surface area contributed by atoms with Gasteiger partial charge in [-0.15, -0.1) is 0 Å². The van der Waals surface area contributed by atoms with E-state index in [1.807, 2.05) is 36.9 Å². The van der Waals surface area contributed by atoms with Crippen LogP contribution in [0, 0.1) is 13.8 Å². The molecule has 1 N–H and O–H groups in total. The summed E-state index contributed by atoms with van der Waals surface area (Å²) in [6.45, 7) is 5.68. The standard InChI is InChI=1S/C21H27N3O4/c1-13-18(14(2)28-23-13)12-27-19-7-4-15(8-20(19)26-3)10-22-16-9-21(25)24(11-16)17-5-6-17/h4,7-8,16-17,22H,5-6,9-12H2,1-3H3. The van der Waals surface area contributed by atoms with E-state index in [9.17, 15) is 4.79 Å². The van der Waals surface area contributed by atoms with E-state index in [1.54, 1.807) is 7.11 Å². The number of amides is 1. The molecule has 1 unspecified atom stereocenters. The maximum Gasteiger partial charge on any atom is 0.224 e. The Morgan fingerprint density at radius 2 is 2.11 bits per heavy atom. The van der Waals surface area contributed by atoms with Gasteiger partial charge >= 0.3 is 0 Å². The minimum Gasteiger partial charge on any atom is -0.493 e. The van der Waals surface area contributed by atoms with Gasteiger partial charge in [0.25, 0.3) is 0 Å². The lowest BCUT2D eigenvalue weighted by atomic mass is 10.1. The van der Waals surface area contributed by atoms with Crippen LogP contribution in [0.2, 0.25) is 0 Å². The SMILES string of the molecule is COc1cc(CNC2CC(=O)N(C3CC3)C2)ccc1OCc1c(C)noc1C. The molecule has 1 saturated carbocycles. The summed E-state index contributed by atoms with van der Waals surface area (Å²) in [5.41, 5.74) is 2.89. The molecule has 0 bridgehead atoms. The molecule has 1 aliphatic heterocycles. The molecule has 28 heavy (non-hydrogen) atoms. The van der Waals surface area contributed by atoms with Crippen molar-refractivity contribution in [1.82, 2.24) is 15.4 Å². The number of aryl methyl sites for hydroxylation is 2. The van der Waals surface area contributed by atoms with Crippen molar-refractivity contribution >= 4 is 5.91 Å². The predicted octanol–water partition coefficient (Wildman–Crippen LogP) is 2.73. The number of hydrogen-bond acceptors (Lipinski definition) is 6. The van der Waals surface area contributed by atoms with Crippen LogP contribution in [0.4, 0.5) is 0 Å². The molecule has 4 rings (SSSR count). The Labute approximate surface area is 165 Å². The van der Waals surface area contributed by atoms with E-state index in [2.05, 4.69) is 10.5 Å². The quantitative estimate of drug-likeness (QED) is 0.753. The number of benzene rings is 1. The Morgan fingerprint density at radius 3 is 2.79 bits per heavy atom. The second-order valence-electron chi connectivity index (χ2n) is 7.64. The largest absolute Gasteiger partial charge is 0.493 e. The van der Waals surface area contributed by atoms with E-state index in [-0.39, 0.29) is 11.9 Å². The third kappa shape index (κ3) is 3.99. The summed E-state index contributed by atoms with van der Waals surface area (Å²) in [5.74, 6) is 2.42. The summed E-state index contributed by atoms with van der Waals surface area (Å²) >= 11 is 0. The Kier molecular flexibility index (Phi) is 5.26. The van der Waals surface area contributed by atoms with Crippen molar-refractivity contribution in [2.45, 2.75) is 58.3 Å². The molecule has 1 amide bonds. The molecule has 7 heteroatoms. The lowest BCUT2D eigenvalue weighted by molar-refractivity contribution is -0.128. The van der Waals surface area contributed by atoms with Crippen molar-refractivity contribution in [2.75, 3.05) is 13.7 Å². The van der Waals surface area contributed by atoms with Crippen LogP contribution < -0.4 is 14.8 Å². The van der Waals surface area contributed by atoms with Crippen molar-refractivity contribution in [1.29, 1.82) is 0 Å². The average molecular weight is 385 g/mol. The highest BCUT2D eigenvalue weighted by atomic mass is 16.5. The topological polar surface area (TPSA) is 76.8 Å². The smallest absolute Gasteiger partial charge is 0.224 e. The summed E-state index contributed by atoms with van der Waals surface area (Å²) < 4.78 is 16.6. The molecule has 0 spiro atoms. The number of methoxy groups -OCH3 is 1. The van der Waals surface area contributed by atoms with E-state index in [0.29, 0.717) is 37.1 Å². The Bertz CT molecular complexity index is 840.